The fourth-order valence-corrected chi connectivity index (χ4v) is 3.25. The maximum Gasteiger partial charge on any atom is 0.318 e. The lowest BCUT2D eigenvalue weighted by Crippen LogP contribution is -2.52. The van der Waals surface area contributed by atoms with E-state index in [1.807, 2.05) is 0 Å². The van der Waals surface area contributed by atoms with Crippen LogP contribution >= 0.6 is 0 Å². The number of carbonyl (C=O) groups excluding carboxylic acids is 2. The number of nitrogens with two attached hydrogens (primary N) is 1. The number of primary amides is 1. The van der Waals surface area contributed by atoms with E-state index in [1.165, 1.54) is 25.7 Å². The molecular formula is C14H25N3O3. The molecule has 2 rings (SSSR count). The Labute approximate surface area is 120 Å². The van der Waals surface area contributed by atoms with Gasteiger partial charge in [0.25, 0.3) is 0 Å². The van der Waals surface area contributed by atoms with Crippen LogP contribution in [0.1, 0.15) is 44.9 Å². The number of ether oxygens (including phenoxy) is 1. The Balaban J connectivity index is 1.80. The van der Waals surface area contributed by atoms with E-state index in [4.69, 9.17) is 10.5 Å². The normalized spacial score (nSPS) is 23.2. The quantitative estimate of drug-likeness (QED) is 0.809. The molecule has 1 saturated heterocycles. The highest BCUT2D eigenvalue weighted by atomic mass is 16.5. The van der Waals surface area contributed by atoms with Crippen LogP contribution in [-0.4, -0.2) is 48.7 Å². The van der Waals surface area contributed by atoms with Gasteiger partial charge in [0, 0.05) is 26.1 Å². The Morgan fingerprint density at radius 3 is 2.55 bits per heavy atom. The van der Waals surface area contributed by atoms with Crippen molar-refractivity contribution in [2.45, 2.75) is 50.5 Å². The molecule has 6 nitrogen and oxygen atoms in total. The van der Waals surface area contributed by atoms with Crippen molar-refractivity contribution in [2.75, 3.05) is 26.2 Å². The largest absolute Gasteiger partial charge is 0.372 e. The fraction of sp³-hybridized carbons (Fsp3) is 0.857. The minimum absolute atomic E-state index is 0.00505. The molecule has 0 aromatic carbocycles. The van der Waals surface area contributed by atoms with Crippen LogP contribution in [0.4, 0.5) is 4.79 Å². The van der Waals surface area contributed by atoms with E-state index in [0.717, 1.165) is 32.5 Å². The summed E-state index contributed by atoms with van der Waals surface area (Å²) in [5.41, 5.74) is 4.92. The van der Waals surface area contributed by atoms with Crippen molar-refractivity contribution in [3.63, 3.8) is 0 Å². The number of nitrogens with zero attached hydrogens (tertiary/aromatic N) is 1. The first-order chi connectivity index (χ1) is 9.60. The van der Waals surface area contributed by atoms with Crippen LogP contribution in [0.15, 0.2) is 0 Å². The van der Waals surface area contributed by atoms with Crippen LogP contribution < -0.4 is 11.1 Å². The van der Waals surface area contributed by atoms with Gasteiger partial charge in [-0.15, -0.1) is 0 Å². The predicted octanol–water partition coefficient (Wildman–Crippen LogP) is 0.997. The third kappa shape index (κ3) is 4.45. The number of hydrogen-bond acceptors (Lipinski definition) is 4. The third-order valence-electron chi connectivity index (χ3n) is 4.26. The zero-order chi connectivity index (χ0) is 14.4. The molecule has 0 aromatic heterocycles. The summed E-state index contributed by atoms with van der Waals surface area (Å²) in [7, 11) is 0. The van der Waals surface area contributed by atoms with E-state index in [9.17, 15) is 9.59 Å². The van der Waals surface area contributed by atoms with Crippen molar-refractivity contribution in [1.82, 2.24) is 10.2 Å². The molecule has 2 fully saturated rings. The molecular weight excluding hydrogens is 258 g/mol. The second-order valence-corrected chi connectivity index (χ2v) is 5.88. The van der Waals surface area contributed by atoms with Gasteiger partial charge in [-0.25, -0.2) is 4.79 Å². The van der Waals surface area contributed by atoms with E-state index < -0.39 is 6.03 Å². The molecule has 0 atom stereocenters. The van der Waals surface area contributed by atoms with Crippen LogP contribution in [-0.2, 0) is 9.53 Å². The molecule has 0 unspecified atom stereocenters. The van der Waals surface area contributed by atoms with E-state index in [0.29, 0.717) is 13.0 Å². The van der Waals surface area contributed by atoms with Crippen molar-refractivity contribution in [1.29, 1.82) is 0 Å². The third-order valence-corrected chi connectivity index (χ3v) is 4.26. The van der Waals surface area contributed by atoms with Crippen molar-refractivity contribution in [3.8, 4) is 0 Å². The first-order valence-electron chi connectivity index (χ1n) is 7.55. The minimum atomic E-state index is -0.780. The summed E-state index contributed by atoms with van der Waals surface area (Å²) in [6, 6.07) is -0.780. The van der Waals surface area contributed by atoms with E-state index >= 15 is 0 Å². The Kier molecular flexibility index (Phi) is 5.37. The number of rotatable bonds is 3. The van der Waals surface area contributed by atoms with Gasteiger partial charge < -0.3 is 10.5 Å². The van der Waals surface area contributed by atoms with Crippen molar-refractivity contribution >= 4 is 11.9 Å². The zero-order valence-corrected chi connectivity index (χ0v) is 12.0. The summed E-state index contributed by atoms with van der Waals surface area (Å²) in [4.78, 5) is 24.3. The predicted molar refractivity (Wildman–Crippen MR) is 75.2 cm³/mol. The van der Waals surface area contributed by atoms with Gasteiger partial charge >= 0.3 is 6.03 Å². The lowest BCUT2D eigenvalue weighted by Gasteiger charge is -2.42. The molecule has 1 spiro atoms. The number of morpholine rings is 1. The topological polar surface area (TPSA) is 84.7 Å². The molecule has 2 aliphatic rings. The zero-order valence-electron chi connectivity index (χ0n) is 12.0. The monoisotopic (exact) mass is 283 g/mol. The summed E-state index contributed by atoms with van der Waals surface area (Å²) in [6.07, 6.45) is 7.61. The van der Waals surface area contributed by atoms with E-state index in [-0.39, 0.29) is 11.5 Å². The van der Waals surface area contributed by atoms with E-state index in [2.05, 4.69) is 10.2 Å². The lowest BCUT2D eigenvalue weighted by molar-refractivity contribution is -0.126. The molecule has 1 aliphatic carbocycles. The van der Waals surface area contributed by atoms with Crippen molar-refractivity contribution in [2.24, 2.45) is 5.73 Å². The fourth-order valence-electron chi connectivity index (χ4n) is 3.25. The Morgan fingerprint density at radius 2 is 1.90 bits per heavy atom. The highest BCUT2D eigenvalue weighted by Crippen LogP contribution is 2.33. The highest BCUT2D eigenvalue weighted by Gasteiger charge is 2.36. The standard InChI is InChI=1S/C14H25N3O3/c15-13(19)16-12(18)5-8-17-9-10-20-14(11-17)6-3-1-2-4-7-14/h1-11H2,(H3,15,16,18,19). The van der Waals surface area contributed by atoms with E-state index in [1.54, 1.807) is 0 Å². The molecule has 3 amide bonds. The SMILES string of the molecule is NC(=O)NC(=O)CCN1CCOC2(CCCCCC2)C1. The molecule has 1 saturated carbocycles. The maximum atomic E-state index is 11.4. The maximum absolute atomic E-state index is 11.4. The molecule has 1 aliphatic heterocycles. The van der Waals surface area contributed by atoms with Gasteiger partial charge in [0.1, 0.15) is 0 Å². The summed E-state index contributed by atoms with van der Waals surface area (Å²) < 4.78 is 6.07. The van der Waals surface area contributed by atoms with Crippen molar-refractivity contribution < 1.29 is 14.3 Å². The summed E-state index contributed by atoms with van der Waals surface area (Å²) in [6.45, 7) is 3.14. The number of carbonyl (C=O) groups is 2. The average Bonchev–Trinajstić information content (AvgIpc) is 2.62. The molecule has 6 heteroatoms. The Morgan fingerprint density at radius 1 is 1.20 bits per heavy atom. The first kappa shape index (κ1) is 15.3. The van der Waals surface area contributed by atoms with Gasteiger partial charge in [0.2, 0.25) is 5.91 Å². The molecule has 1 heterocycles. The summed E-state index contributed by atoms with van der Waals surface area (Å²) >= 11 is 0. The van der Waals surface area contributed by atoms with Gasteiger partial charge in [0.05, 0.1) is 12.2 Å². The van der Waals surface area contributed by atoms with Crippen LogP contribution in [0.5, 0.6) is 0 Å². The second-order valence-electron chi connectivity index (χ2n) is 5.88. The molecule has 0 aromatic rings. The highest BCUT2D eigenvalue weighted by molar-refractivity contribution is 5.93. The number of nitrogens with one attached hydrogen (secondary N) is 1. The van der Waals surface area contributed by atoms with Gasteiger partial charge in [-0.2, -0.15) is 0 Å². The van der Waals surface area contributed by atoms with Crippen LogP contribution in [0.2, 0.25) is 0 Å². The summed E-state index contributed by atoms with van der Waals surface area (Å²) in [5.74, 6) is -0.307. The molecule has 20 heavy (non-hydrogen) atoms. The van der Waals surface area contributed by atoms with Crippen LogP contribution in [0.3, 0.4) is 0 Å². The lowest BCUT2D eigenvalue weighted by atomic mass is 9.92. The average molecular weight is 283 g/mol. The number of urea groups is 1. The smallest absolute Gasteiger partial charge is 0.318 e. The molecule has 3 N–H and O–H groups in total. The Bertz CT molecular complexity index is 352. The molecule has 0 bridgehead atoms. The molecule has 114 valence electrons. The molecule has 0 radical (unpaired) electrons. The van der Waals surface area contributed by atoms with Gasteiger partial charge in [0.15, 0.2) is 0 Å². The van der Waals surface area contributed by atoms with Crippen LogP contribution in [0, 0.1) is 0 Å². The van der Waals surface area contributed by atoms with Crippen molar-refractivity contribution in [3.05, 3.63) is 0 Å². The van der Waals surface area contributed by atoms with Gasteiger partial charge in [-0.1, -0.05) is 25.7 Å². The number of imide groups is 1. The second kappa shape index (κ2) is 7.04. The number of amides is 3. The minimum Gasteiger partial charge on any atom is -0.372 e. The van der Waals surface area contributed by atoms with Gasteiger partial charge in [-0.3, -0.25) is 15.0 Å². The number of hydrogen-bond donors (Lipinski definition) is 2. The van der Waals surface area contributed by atoms with Gasteiger partial charge in [-0.05, 0) is 12.8 Å². The Hall–Kier alpha value is -1.14. The first-order valence-corrected chi connectivity index (χ1v) is 7.55. The summed E-state index contributed by atoms with van der Waals surface area (Å²) in [5, 5.41) is 2.11. The van der Waals surface area contributed by atoms with Crippen LogP contribution in [0.25, 0.3) is 0 Å².